The number of aryl methyl sites for hydroxylation is 3. The van der Waals surface area contributed by atoms with Gasteiger partial charge in [0, 0.05) is 80.9 Å². The minimum Gasteiger partial charge on any atom is -0.381 e. The van der Waals surface area contributed by atoms with Crippen LogP contribution in [0.25, 0.3) is 22.2 Å². The molecule has 3 N–H and O–H groups in total. The van der Waals surface area contributed by atoms with Crippen LogP contribution in [0.2, 0.25) is 0 Å². The molecule has 0 saturated carbocycles. The molecule has 11 heteroatoms. The molecule has 4 heterocycles. The maximum Gasteiger partial charge on any atom is 0.251 e. The number of carbonyl (C=O) groups excluding carboxylic acids is 2. The van der Waals surface area contributed by atoms with Crippen LogP contribution in [-0.4, -0.2) is 88.9 Å². The number of rotatable bonds is 13. The van der Waals surface area contributed by atoms with Crippen LogP contribution in [0.5, 0.6) is 0 Å². The van der Waals surface area contributed by atoms with Gasteiger partial charge in [0.25, 0.3) is 11.8 Å². The van der Waals surface area contributed by atoms with Gasteiger partial charge >= 0.3 is 0 Å². The summed E-state index contributed by atoms with van der Waals surface area (Å²) in [6.07, 6.45) is 5.58. The van der Waals surface area contributed by atoms with E-state index in [1.54, 1.807) is 6.07 Å². The summed E-state index contributed by atoms with van der Waals surface area (Å²) in [5.74, 6) is -0.471. The van der Waals surface area contributed by atoms with E-state index in [0.717, 1.165) is 90.2 Å². The molecule has 3 aromatic carbocycles. The molecule has 2 saturated heterocycles. The number of benzene rings is 3. The Labute approximate surface area is 330 Å². The van der Waals surface area contributed by atoms with Gasteiger partial charge in [0.1, 0.15) is 0 Å². The molecule has 7 rings (SSSR count). The summed E-state index contributed by atoms with van der Waals surface area (Å²) in [6.45, 7) is 14.3. The molecule has 294 valence electrons. The second-order valence-electron chi connectivity index (χ2n) is 15.3. The standard InChI is InChI=1S/C45H56N8O3/c1-5-41-39(42(49-38-14-20-56-21-15-38)40-29-48-53(6-2)43(40)50-41)28-47-45(55)37-23-31(3)22-36(26-37)44(54)46-27-32-10-7-12-34(24-32)35-13-8-11-33(25-35)30-52-17-9-16-51(4)18-19-52/h7-8,10-13,22-26,29,38H,5-6,9,14-21,27-28,30H2,1-4H3,(H,46,54)(H,47,55)(H,49,50). The van der Waals surface area contributed by atoms with Gasteiger partial charge in [-0.15, -0.1) is 0 Å². The first-order valence-corrected chi connectivity index (χ1v) is 20.3. The monoisotopic (exact) mass is 756 g/mol. The maximum atomic E-state index is 13.8. The van der Waals surface area contributed by atoms with Crippen molar-refractivity contribution >= 4 is 28.5 Å². The Morgan fingerprint density at radius 3 is 2.25 bits per heavy atom. The lowest BCUT2D eigenvalue weighted by atomic mass is 10.0. The van der Waals surface area contributed by atoms with E-state index in [9.17, 15) is 9.59 Å². The third kappa shape index (κ3) is 9.46. The lowest BCUT2D eigenvalue weighted by Gasteiger charge is -2.26. The summed E-state index contributed by atoms with van der Waals surface area (Å²) in [5, 5.41) is 15.6. The average Bonchev–Trinajstić information content (AvgIpc) is 3.53. The third-order valence-electron chi connectivity index (χ3n) is 11.1. The molecule has 2 amide bonds. The first kappa shape index (κ1) is 39.1. The number of aromatic nitrogens is 3. The van der Waals surface area contributed by atoms with E-state index in [-0.39, 0.29) is 17.9 Å². The molecule has 0 atom stereocenters. The highest BCUT2D eigenvalue weighted by atomic mass is 16.5. The van der Waals surface area contributed by atoms with Gasteiger partial charge in [0.2, 0.25) is 0 Å². The number of amides is 2. The highest BCUT2D eigenvalue weighted by Gasteiger charge is 2.23. The summed E-state index contributed by atoms with van der Waals surface area (Å²) in [7, 11) is 2.20. The minimum absolute atomic E-state index is 0.225. The van der Waals surface area contributed by atoms with Crippen LogP contribution >= 0.6 is 0 Å². The van der Waals surface area contributed by atoms with Crippen molar-refractivity contribution in [3.63, 3.8) is 0 Å². The van der Waals surface area contributed by atoms with Gasteiger partial charge in [-0.05, 0) is 118 Å². The zero-order valence-electron chi connectivity index (χ0n) is 33.4. The van der Waals surface area contributed by atoms with E-state index in [0.29, 0.717) is 50.4 Å². The fourth-order valence-electron chi connectivity index (χ4n) is 7.93. The number of ether oxygens (including phenoxy) is 1. The summed E-state index contributed by atoms with van der Waals surface area (Å²) >= 11 is 0. The van der Waals surface area contributed by atoms with Crippen molar-refractivity contribution < 1.29 is 14.3 Å². The third-order valence-corrected chi connectivity index (χ3v) is 11.1. The molecule has 0 unspecified atom stereocenters. The topological polar surface area (TPSA) is 117 Å². The van der Waals surface area contributed by atoms with Crippen LogP contribution in [-0.2, 0) is 37.3 Å². The van der Waals surface area contributed by atoms with Crippen molar-refractivity contribution in [1.82, 2.24) is 35.2 Å². The molecular formula is C45H56N8O3. The maximum absolute atomic E-state index is 13.8. The molecule has 2 aliphatic rings. The summed E-state index contributed by atoms with van der Waals surface area (Å²) < 4.78 is 7.53. The lowest BCUT2D eigenvalue weighted by molar-refractivity contribution is 0.0904. The smallest absolute Gasteiger partial charge is 0.251 e. The van der Waals surface area contributed by atoms with Crippen molar-refractivity contribution in [3.8, 4) is 11.1 Å². The summed E-state index contributed by atoms with van der Waals surface area (Å²) in [5.41, 5.74) is 10.0. The van der Waals surface area contributed by atoms with Gasteiger partial charge in [0.15, 0.2) is 5.65 Å². The van der Waals surface area contributed by atoms with Gasteiger partial charge < -0.3 is 25.6 Å². The number of nitrogens with one attached hydrogen (secondary N) is 3. The first-order valence-electron chi connectivity index (χ1n) is 20.3. The van der Waals surface area contributed by atoms with Crippen LogP contribution < -0.4 is 16.0 Å². The van der Waals surface area contributed by atoms with E-state index < -0.39 is 0 Å². The van der Waals surface area contributed by atoms with E-state index in [1.807, 2.05) is 42.1 Å². The molecule has 0 spiro atoms. The first-order chi connectivity index (χ1) is 27.3. The Balaban J connectivity index is 1.02. The van der Waals surface area contributed by atoms with Gasteiger partial charge in [-0.25, -0.2) is 9.67 Å². The van der Waals surface area contributed by atoms with E-state index in [2.05, 4.69) is 88.1 Å². The fraction of sp³-hybridized carbons (Fsp3) is 0.422. The Morgan fingerprint density at radius 2 is 1.54 bits per heavy atom. The number of carbonyl (C=O) groups is 2. The number of nitrogens with zero attached hydrogens (tertiary/aromatic N) is 5. The van der Waals surface area contributed by atoms with E-state index in [1.165, 1.54) is 17.5 Å². The second kappa shape index (κ2) is 18.2. The van der Waals surface area contributed by atoms with Crippen LogP contribution in [0.1, 0.15) is 81.8 Å². The highest BCUT2D eigenvalue weighted by Crippen LogP contribution is 2.31. The van der Waals surface area contributed by atoms with E-state index >= 15 is 0 Å². The quantitative estimate of drug-likeness (QED) is 0.124. The number of hydrogen-bond donors (Lipinski definition) is 3. The molecule has 0 aliphatic carbocycles. The molecule has 11 nitrogen and oxygen atoms in total. The summed E-state index contributed by atoms with van der Waals surface area (Å²) in [6, 6.07) is 22.7. The molecule has 2 fully saturated rings. The van der Waals surface area contributed by atoms with Crippen molar-refractivity contribution in [2.75, 3.05) is 51.8 Å². The van der Waals surface area contributed by atoms with Crippen LogP contribution in [0.3, 0.4) is 0 Å². The Kier molecular flexibility index (Phi) is 12.7. The van der Waals surface area contributed by atoms with Crippen molar-refractivity contribution in [3.05, 3.63) is 112 Å². The number of fused-ring (bicyclic) bond motifs is 1. The second-order valence-corrected chi connectivity index (χ2v) is 15.3. The molecule has 5 aromatic rings. The number of anilines is 1. The fourth-order valence-corrected chi connectivity index (χ4v) is 7.93. The van der Waals surface area contributed by atoms with Crippen LogP contribution in [0.15, 0.2) is 72.9 Å². The van der Waals surface area contributed by atoms with E-state index in [4.69, 9.17) is 9.72 Å². The Bertz CT molecular complexity index is 2160. The lowest BCUT2D eigenvalue weighted by Crippen LogP contribution is -2.30. The molecule has 2 aromatic heterocycles. The molecule has 56 heavy (non-hydrogen) atoms. The van der Waals surface area contributed by atoms with Crippen molar-refractivity contribution in [2.45, 2.75) is 78.7 Å². The number of hydrogen-bond acceptors (Lipinski definition) is 8. The predicted molar refractivity (Wildman–Crippen MR) is 223 cm³/mol. The number of pyridine rings is 1. The van der Waals surface area contributed by atoms with Crippen molar-refractivity contribution in [2.24, 2.45) is 0 Å². The largest absolute Gasteiger partial charge is 0.381 e. The molecule has 2 aliphatic heterocycles. The van der Waals surface area contributed by atoms with Gasteiger partial charge in [-0.3, -0.25) is 14.5 Å². The Hall–Kier alpha value is -5.10. The summed E-state index contributed by atoms with van der Waals surface area (Å²) in [4.78, 5) is 37.3. The van der Waals surface area contributed by atoms with Crippen molar-refractivity contribution in [1.29, 1.82) is 0 Å². The normalized spacial score (nSPS) is 15.8. The predicted octanol–water partition coefficient (Wildman–Crippen LogP) is 6.58. The molecule has 0 radical (unpaired) electrons. The van der Waals surface area contributed by atoms with Crippen LogP contribution in [0, 0.1) is 6.92 Å². The van der Waals surface area contributed by atoms with Crippen LogP contribution in [0.4, 0.5) is 5.69 Å². The van der Waals surface area contributed by atoms with Gasteiger partial charge in [-0.2, -0.15) is 5.10 Å². The molecule has 0 bridgehead atoms. The number of likely N-dealkylation sites (N-methyl/N-ethyl adjacent to an activating group) is 1. The zero-order valence-corrected chi connectivity index (χ0v) is 33.4. The zero-order chi connectivity index (χ0) is 39.0. The average molecular weight is 757 g/mol. The van der Waals surface area contributed by atoms with Gasteiger partial charge in [0.05, 0.1) is 17.3 Å². The highest BCUT2D eigenvalue weighted by molar-refractivity contribution is 6.00. The Morgan fingerprint density at radius 1 is 0.839 bits per heavy atom. The molecular weight excluding hydrogens is 701 g/mol. The SMILES string of the molecule is CCc1nc2c(cnn2CC)c(NC2CCOCC2)c1CNC(=O)c1cc(C)cc(C(=O)NCc2cccc(-c3cccc(CN4CCCN(C)CC4)c3)c2)c1. The minimum atomic E-state index is -0.246. The van der Waals surface area contributed by atoms with Gasteiger partial charge in [-0.1, -0.05) is 43.3 Å².